The Morgan fingerprint density at radius 3 is 2.90 bits per heavy atom. The van der Waals surface area contributed by atoms with Crippen LogP contribution < -0.4 is 16.0 Å². The number of thiophene rings is 1. The van der Waals surface area contributed by atoms with Crippen LogP contribution in [0.25, 0.3) is 0 Å². The minimum absolute atomic E-state index is 0. The zero-order chi connectivity index (χ0) is 19.6. The Labute approximate surface area is 193 Å². The number of carbonyl (C=O) groups is 1. The van der Waals surface area contributed by atoms with Crippen molar-refractivity contribution in [2.75, 3.05) is 25.0 Å². The molecule has 2 heterocycles. The summed E-state index contributed by atoms with van der Waals surface area (Å²) in [5.74, 6) is 0.731. The number of nitrogens with one attached hydrogen (secondary N) is 3. The molecule has 29 heavy (non-hydrogen) atoms. The first-order valence-corrected chi connectivity index (χ1v) is 10.7. The highest BCUT2D eigenvalue weighted by Crippen LogP contribution is 2.16. The highest BCUT2D eigenvalue weighted by molar-refractivity contribution is 14.0. The van der Waals surface area contributed by atoms with Gasteiger partial charge in [-0.15, -0.1) is 35.3 Å². The highest BCUT2D eigenvalue weighted by atomic mass is 127. The quantitative estimate of drug-likeness (QED) is 0.277. The largest absolute Gasteiger partial charge is 0.368 e. The Hall–Kier alpha value is -1.65. The molecule has 158 valence electrons. The van der Waals surface area contributed by atoms with Crippen molar-refractivity contribution in [1.82, 2.24) is 10.6 Å². The molecule has 1 aliphatic rings. The number of nitrogens with zero attached hydrogens (tertiary/aromatic N) is 1. The number of ether oxygens (including phenoxy) is 1. The summed E-state index contributed by atoms with van der Waals surface area (Å²) in [6.45, 7) is 4.90. The Morgan fingerprint density at radius 2 is 2.17 bits per heavy atom. The summed E-state index contributed by atoms with van der Waals surface area (Å²) in [6.07, 6.45) is 2.39. The van der Waals surface area contributed by atoms with E-state index < -0.39 is 0 Å². The molecular weight excluding hydrogens is 499 g/mol. The number of carbonyl (C=O) groups excluding carboxylic acids is 1. The van der Waals surface area contributed by atoms with Crippen molar-refractivity contribution >= 4 is 52.9 Å². The SMILES string of the molecule is CCNC(=NCc1cccc(NC(=O)C2CCCO2)c1)NCCc1cccs1.I. The van der Waals surface area contributed by atoms with Crippen LogP contribution in [-0.4, -0.2) is 37.7 Å². The van der Waals surface area contributed by atoms with Crippen LogP contribution in [0.5, 0.6) is 0 Å². The maximum Gasteiger partial charge on any atom is 0.253 e. The fraction of sp³-hybridized carbons (Fsp3) is 0.429. The van der Waals surface area contributed by atoms with Crippen LogP contribution in [0.4, 0.5) is 5.69 Å². The molecule has 6 nitrogen and oxygen atoms in total. The van der Waals surface area contributed by atoms with Crippen molar-refractivity contribution in [2.24, 2.45) is 4.99 Å². The van der Waals surface area contributed by atoms with Gasteiger partial charge in [-0.3, -0.25) is 4.79 Å². The number of halogens is 1. The van der Waals surface area contributed by atoms with E-state index in [2.05, 4.69) is 45.4 Å². The van der Waals surface area contributed by atoms with Gasteiger partial charge in [-0.05, 0) is 55.3 Å². The molecular formula is C21H29IN4O2S. The summed E-state index contributed by atoms with van der Waals surface area (Å²) in [5, 5.41) is 11.7. The molecule has 1 unspecified atom stereocenters. The molecule has 1 amide bonds. The molecule has 1 aliphatic heterocycles. The third kappa shape index (κ3) is 7.94. The van der Waals surface area contributed by atoms with Crippen LogP contribution in [0.3, 0.4) is 0 Å². The van der Waals surface area contributed by atoms with E-state index in [0.717, 1.165) is 49.6 Å². The van der Waals surface area contributed by atoms with Gasteiger partial charge in [-0.1, -0.05) is 18.2 Å². The predicted molar refractivity (Wildman–Crippen MR) is 130 cm³/mol. The maximum absolute atomic E-state index is 12.2. The third-order valence-electron chi connectivity index (χ3n) is 4.42. The Kier molecular flexibility index (Phi) is 10.4. The van der Waals surface area contributed by atoms with Gasteiger partial charge in [0.15, 0.2) is 5.96 Å². The number of guanidine groups is 1. The standard InChI is InChI=1S/C21H28N4O2S.HI/c1-2-22-21(23-11-10-18-8-5-13-28-18)24-15-16-6-3-7-17(14-16)25-20(26)19-9-4-12-27-19;/h3,5-8,13-14,19H,2,4,9-12,15H2,1H3,(H,25,26)(H2,22,23,24);1H. The number of hydrogen-bond acceptors (Lipinski definition) is 4. The van der Waals surface area contributed by atoms with Crippen LogP contribution in [0, 0.1) is 0 Å². The molecule has 1 atom stereocenters. The number of aliphatic imine (C=N–C) groups is 1. The first kappa shape index (κ1) is 23.6. The molecule has 3 N–H and O–H groups in total. The van der Waals surface area contributed by atoms with Crippen molar-refractivity contribution in [3.8, 4) is 0 Å². The molecule has 0 aliphatic carbocycles. The summed E-state index contributed by atoms with van der Waals surface area (Å²) in [5.41, 5.74) is 1.82. The molecule has 0 bridgehead atoms. The van der Waals surface area contributed by atoms with E-state index in [4.69, 9.17) is 4.74 Å². The maximum atomic E-state index is 12.2. The number of anilines is 1. The van der Waals surface area contributed by atoms with Gasteiger partial charge in [-0.2, -0.15) is 0 Å². The average Bonchev–Trinajstić information content (AvgIpc) is 3.40. The third-order valence-corrected chi connectivity index (χ3v) is 5.36. The van der Waals surface area contributed by atoms with Gasteiger partial charge < -0.3 is 20.7 Å². The van der Waals surface area contributed by atoms with Crippen LogP contribution in [-0.2, 0) is 22.5 Å². The van der Waals surface area contributed by atoms with Gasteiger partial charge in [0.25, 0.3) is 5.91 Å². The van der Waals surface area contributed by atoms with E-state index in [0.29, 0.717) is 13.2 Å². The Morgan fingerprint density at radius 1 is 1.28 bits per heavy atom. The lowest BCUT2D eigenvalue weighted by molar-refractivity contribution is -0.124. The normalized spacial score (nSPS) is 16.2. The number of amides is 1. The molecule has 1 fully saturated rings. The first-order chi connectivity index (χ1) is 13.7. The molecule has 3 rings (SSSR count). The first-order valence-electron chi connectivity index (χ1n) is 9.80. The number of benzene rings is 1. The van der Waals surface area contributed by atoms with Crippen molar-refractivity contribution < 1.29 is 9.53 Å². The second kappa shape index (κ2) is 12.8. The summed E-state index contributed by atoms with van der Waals surface area (Å²) in [7, 11) is 0. The second-order valence-corrected chi connectivity index (χ2v) is 7.67. The molecule has 0 spiro atoms. The zero-order valence-corrected chi connectivity index (χ0v) is 19.8. The second-order valence-electron chi connectivity index (χ2n) is 6.64. The van der Waals surface area contributed by atoms with Crippen molar-refractivity contribution in [2.45, 2.75) is 38.8 Å². The van der Waals surface area contributed by atoms with Gasteiger partial charge in [0.2, 0.25) is 0 Å². The summed E-state index contributed by atoms with van der Waals surface area (Å²) in [6, 6.07) is 12.0. The van der Waals surface area contributed by atoms with Gasteiger partial charge in [0, 0.05) is 30.3 Å². The van der Waals surface area contributed by atoms with E-state index in [1.54, 1.807) is 11.3 Å². The van der Waals surface area contributed by atoms with E-state index >= 15 is 0 Å². The zero-order valence-electron chi connectivity index (χ0n) is 16.6. The monoisotopic (exact) mass is 528 g/mol. The van der Waals surface area contributed by atoms with Crippen LogP contribution >= 0.6 is 35.3 Å². The lowest BCUT2D eigenvalue weighted by Gasteiger charge is -2.12. The molecule has 1 saturated heterocycles. The van der Waals surface area contributed by atoms with Crippen LogP contribution in [0.2, 0.25) is 0 Å². The topological polar surface area (TPSA) is 74.8 Å². The van der Waals surface area contributed by atoms with Gasteiger partial charge >= 0.3 is 0 Å². The van der Waals surface area contributed by atoms with Gasteiger partial charge in [0.1, 0.15) is 6.10 Å². The average molecular weight is 528 g/mol. The molecule has 1 aromatic heterocycles. The molecule has 0 saturated carbocycles. The number of hydrogen-bond donors (Lipinski definition) is 3. The smallest absolute Gasteiger partial charge is 0.253 e. The fourth-order valence-corrected chi connectivity index (χ4v) is 3.73. The Bertz CT molecular complexity index is 777. The van der Waals surface area contributed by atoms with Crippen LogP contribution in [0.15, 0.2) is 46.8 Å². The molecule has 8 heteroatoms. The van der Waals surface area contributed by atoms with Crippen molar-refractivity contribution in [3.63, 3.8) is 0 Å². The highest BCUT2D eigenvalue weighted by Gasteiger charge is 2.23. The van der Waals surface area contributed by atoms with Crippen molar-refractivity contribution in [3.05, 3.63) is 52.2 Å². The fourth-order valence-electron chi connectivity index (χ4n) is 3.03. The van der Waals surface area contributed by atoms with Crippen LogP contribution in [0.1, 0.15) is 30.2 Å². The lowest BCUT2D eigenvalue weighted by atomic mass is 10.2. The Balaban J connectivity index is 0.00000300. The van der Waals surface area contributed by atoms with Gasteiger partial charge in [0.05, 0.1) is 6.54 Å². The molecule has 0 radical (unpaired) electrons. The van der Waals surface area contributed by atoms with E-state index in [9.17, 15) is 4.79 Å². The minimum atomic E-state index is -0.324. The summed E-state index contributed by atoms with van der Waals surface area (Å²) >= 11 is 1.77. The van der Waals surface area contributed by atoms with E-state index in [1.165, 1.54) is 4.88 Å². The van der Waals surface area contributed by atoms with Crippen molar-refractivity contribution in [1.29, 1.82) is 0 Å². The predicted octanol–water partition coefficient (Wildman–Crippen LogP) is 3.78. The van der Waals surface area contributed by atoms with E-state index in [1.807, 2.05) is 24.3 Å². The minimum Gasteiger partial charge on any atom is -0.368 e. The molecule has 1 aromatic carbocycles. The van der Waals surface area contributed by atoms with E-state index in [-0.39, 0.29) is 36.0 Å². The summed E-state index contributed by atoms with van der Waals surface area (Å²) in [4.78, 5) is 18.2. The summed E-state index contributed by atoms with van der Waals surface area (Å²) < 4.78 is 5.44. The van der Waals surface area contributed by atoms with Gasteiger partial charge in [-0.25, -0.2) is 4.99 Å². The number of rotatable bonds is 8. The lowest BCUT2D eigenvalue weighted by Crippen LogP contribution is -2.38. The molecule has 2 aromatic rings.